The summed E-state index contributed by atoms with van der Waals surface area (Å²) in [5.41, 5.74) is 5.72. The summed E-state index contributed by atoms with van der Waals surface area (Å²) >= 11 is 0. The lowest BCUT2D eigenvalue weighted by Crippen LogP contribution is -2.27. The van der Waals surface area contributed by atoms with Gasteiger partial charge in [-0.3, -0.25) is 33.6 Å². The van der Waals surface area contributed by atoms with Gasteiger partial charge in [0, 0.05) is 29.6 Å². The number of para-hydroxylation sites is 2. The van der Waals surface area contributed by atoms with Gasteiger partial charge in [-0.05, 0) is 44.2 Å². The molecule has 0 aliphatic heterocycles. The number of aryl methyl sites for hydroxylation is 2. The van der Waals surface area contributed by atoms with Crippen molar-refractivity contribution >= 4 is 28.7 Å². The summed E-state index contributed by atoms with van der Waals surface area (Å²) in [7, 11) is 1.63. The number of amides is 1. The fourth-order valence-corrected chi connectivity index (χ4v) is 3.89. The number of benzene rings is 2. The number of nitrogens with zero attached hydrogens (tertiary/aromatic N) is 3. The average molecular weight is 460 g/mol. The predicted octanol–water partition coefficient (Wildman–Crippen LogP) is 2.57. The Morgan fingerprint density at radius 1 is 0.941 bits per heavy atom. The summed E-state index contributed by atoms with van der Waals surface area (Å²) in [4.78, 5) is 50.1. The van der Waals surface area contributed by atoms with E-state index in [4.69, 9.17) is 4.74 Å². The molecule has 34 heavy (non-hydrogen) atoms. The first-order chi connectivity index (χ1) is 16.3. The van der Waals surface area contributed by atoms with E-state index in [1.54, 1.807) is 69.4 Å². The second-order valence-electron chi connectivity index (χ2n) is 7.93. The minimum atomic E-state index is -0.696. The van der Waals surface area contributed by atoms with E-state index in [2.05, 4.69) is 5.43 Å². The van der Waals surface area contributed by atoms with Crippen molar-refractivity contribution in [1.82, 2.24) is 13.8 Å². The molecular formula is C25H24N4O5. The van der Waals surface area contributed by atoms with Crippen LogP contribution in [0.4, 0.5) is 0 Å². The summed E-state index contributed by atoms with van der Waals surface area (Å²) in [5.74, 6) is -1.42. The van der Waals surface area contributed by atoms with Crippen molar-refractivity contribution in [2.24, 2.45) is 7.05 Å². The van der Waals surface area contributed by atoms with Crippen LogP contribution in [0, 0.1) is 13.8 Å². The maximum absolute atomic E-state index is 12.8. The average Bonchev–Trinajstić information content (AvgIpc) is 3.26. The number of esters is 1. The highest BCUT2D eigenvalue weighted by Gasteiger charge is 2.20. The van der Waals surface area contributed by atoms with Gasteiger partial charge in [0.2, 0.25) is 5.78 Å². The maximum Gasteiger partial charge on any atom is 0.329 e. The zero-order valence-corrected chi connectivity index (χ0v) is 19.1. The Morgan fingerprint density at radius 2 is 1.59 bits per heavy atom. The van der Waals surface area contributed by atoms with Crippen LogP contribution in [0.5, 0.6) is 0 Å². The second kappa shape index (κ2) is 9.22. The number of ether oxygens (including phenoxy) is 1. The number of carbonyl (C=O) groups is 3. The topological polar surface area (TPSA) is 104 Å². The van der Waals surface area contributed by atoms with Gasteiger partial charge >= 0.3 is 11.7 Å². The quantitative estimate of drug-likeness (QED) is 0.337. The first-order valence-corrected chi connectivity index (χ1v) is 10.7. The Hall–Kier alpha value is -4.40. The second-order valence-corrected chi connectivity index (χ2v) is 7.93. The normalized spacial score (nSPS) is 10.9. The van der Waals surface area contributed by atoms with Gasteiger partial charge in [0.25, 0.3) is 5.91 Å². The van der Waals surface area contributed by atoms with Crippen molar-refractivity contribution in [3.8, 4) is 0 Å². The third kappa shape index (κ3) is 4.27. The Balaban J connectivity index is 1.43. The third-order valence-electron chi connectivity index (χ3n) is 5.68. The lowest BCUT2D eigenvalue weighted by molar-refractivity contribution is -0.143. The van der Waals surface area contributed by atoms with Gasteiger partial charge in [-0.2, -0.15) is 0 Å². The van der Waals surface area contributed by atoms with Gasteiger partial charge < -0.3 is 4.74 Å². The number of aromatic nitrogens is 3. The van der Waals surface area contributed by atoms with Crippen LogP contribution >= 0.6 is 0 Å². The Labute approximate surface area is 195 Å². The molecule has 2 heterocycles. The number of hydrogen-bond donors (Lipinski definition) is 1. The SMILES string of the molecule is Cc1cc(C(=O)COC(=O)Cn2c(=O)n(C)c3ccccc32)c(C)n1NC(=O)c1ccccc1. The highest BCUT2D eigenvalue weighted by atomic mass is 16.5. The maximum atomic E-state index is 12.8. The highest BCUT2D eigenvalue weighted by molar-refractivity contribution is 6.01. The molecule has 0 saturated carbocycles. The number of nitrogens with one attached hydrogen (secondary N) is 1. The summed E-state index contributed by atoms with van der Waals surface area (Å²) in [6.07, 6.45) is 0. The van der Waals surface area contributed by atoms with Gasteiger partial charge in [-0.1, -0.05) is 30.3 Å². The summed E-state index contributed by atoms with van der Waals surface area (Å²) in [6, 6.07) is 17.5. The van der Waals surface area contributed by atoms with E-state index >= 15 is 0 Å². The molecule has 4 rings (SSSR count). The molecule has 0 aliphatic rings. The van der Waals surface area contributed by atoms with Crippen LogP contribution in [-0.4, -0.2) is 38.1 Å². The molecule has 9 nitrogen and oxygen atoms in total. The number of ketones is 1. The van der Waals surface area contributed by atoms with E-state index in [0.29, 0.717) is 33.5 Å². The molecule has 0 saturated heterocycles. The molecule has 0 radical (unpaired) electrons. The molecule has 2 aromatic carbocycles. The molecule has 0 spiro atoms. The largest absolute Gasteiger partial charge is 0.456 e. The number of imidazole rings is 1. The Kier molecular flexibility index (Phi) is 6.18. The molecule has 2 aromatic heterocycles. The zero-order chi connectivity index (χ0) is 24.4. The van der Waals surface area contributed by atoms with E-state index in [9.17, 15) is 19.2 Å². The van der Waals surface area contributed by atoms with Crippen LogP contribution in [0.25, 0.3) is 11.0 Å². The van der Waals surface area contributed by atoms with Crippen LogP contribution in [0.1, 0.15) is 32.1 Å². The summed E-state index contributed by atoms with van der Waals surface area (Å²) in [5, 5.41) is 0. The first-order valence-electron chi connectivity index (χ1n) is 10.7. The Bertz CT molecular complexity index is 1460. The molecule has 9 heteroatoms. The van der Waals surface area contributed by atoms with Crippen LogP contribution in [0.2, 0.25) is 0 Å². The van der Waals surface area contributed by atoms with Gasteiger partial charge in [-0.25, -0.2) is 4.79 Å². The summed E-state index contributed by atoms with van der Waals surface area (Å²) in [6.45, 7) is 2.67. The first kappa shape index (κ1) is 22.8. The minimum absolute atomic E-state index is 0.306. The van der Waals surface area contributed by atoms with Crippen molar-refractivity contribution in [1.29, 1.82) is 0 Å². The van der Waals surface area contributed by atoms with Crippen molar-refractivity contribution in [2.75, 3.05) is 12.0 Å². The smallest absolute Gasteiger partial charge is 0.329 e. The zero-order valence-electron chi connectivity index (χ0n) is 19.1. The lowest BCUT2D eigenvalue weighted by atomic mass is 10.1. The van der Waals surface area contributed by atoms with Crippen LogP contribution in [0.3, 0.4) is 0 Å². The Morgan fingerprint density at radius 3 is 2.29 bits per heavy atom. The minimum Gasteiger partial charge on any atom is -0.456 e. The van der Waals surface area contributed by atoms with E-state index in [-0.39, 0.29) is 18.1 Å². The van der Waals surface area contributed by atoms with Crippen molar-refractivity contribution in [3.05, 3.63) is 93.7 Å². The van der Waals surface area contributed by atoms with Crippen molar-refractivity contribution in [3.63, 3.8) is 0 Å². The van der Waals surface area contributed by atoms with Crippen molar-refractivity contribution < 1.29 is 19.1 Å². The lowest BCUT2D eigenvalue weighted by Gasteiger charge is -2.11. The van der Waals surface area contributed by atoms with E-state index in [1.165, 1.54) is 13.8 Å². The van der Waals surface area contributed by atoms with Crippen LogP contribution in [-0.2, 0) is 23.1 Å². The fourth-order valence-electron chi connectivity index (χ4n) is 3.89. The number of rotatable bonds is 7. The number of Topliss-reactive ketones (excluding diaryl/α,β-unsaturated/α-hetero) is 1. The third-order valence-corrected chi connectivity index (χ3v) is 5.68. The molecule has 4 aromatic rings. The van der Waals surface area contributed by atoms with Crippen LogP contribution in [0.15, 0.2) is 65.5 Å². The van der Waals surface area contributed by atoms with Crippen LogP contribution < -0.4 is 11.1 Å². The van der Waals surface area contributed by atoms with E-state index in [1.807, 2.05) is 12.1 Å². The molecule has 0 unspecified atom stereocenters. The van der Waals surface area contributed by atoms with E-state index < -0.39 is 18.4 Å². The number of fused-ring (bicyclic) bond motifs is 1. The van der Waals surface area contributed by atoms with E-state index in [0.717, 1.165) is 0 Å². The number of hydrogen-bond acceptors (Lipinski definition) is 5. The standard InChI is InChI=1S/C25H24N4O5/c1-16-13-19(17(2)29(16)26-24(32)18-9-5-4-6-10-18)22(30)15-34-23(31)14-28-21-12-8-7-11-20(21)27(3)25(28)33/h4-13H,14-15H2,1-3H3,(H,26,32). The van der Waals surface area contributed by atoms with Gasteiger partial charge in [0.05, 0.1) is 11.0 Å². The molecule has 0 bridgehead atoms. The molecule has 0 atom stereocenters. The predicted molar refractivity (Wildman–Crippen MR) is 127 cm³/mol. The van der Waals surface area contributed by atoms with Gasteiger partial charge in [0.15, 0.2) is 6.61 Å². The molecule has 174 valence electrons. The highest BCUT2D eigenvalue weighted by Crippen LogP contribution is 2.16. The monoisotopic (exact) mass is 460 g/mol. The molecule has 0 fully saturated rings. The fraction of sp³-hybridized carbons (Fsp3) is 0.200. The van der Waals surface area contributed by atoms with Gasteiger partial charge in [0.1, 0.15) is 6.54 Å². The molecule has 1 amide bonds. The van der Waals surface area contributed by atoms with Crippen molar-refractivity contribution in [2.45, 2.75) is 20.4 Å². The number of carbonyl (C=O) groups excluding carboxylic acids is 3. The van der Waals surface area contributed by atoms with Gasteiger partial charge in [-0.15, -0.1) is 0 Å². The molecule has 1 N–H and O–H groups in total. The summed E-state index contributed by atoms with van der Waals surface area (Å²) < 4.78 is 9.47. The molecular weight excluding hydrogens is 436 g/mol. The molecule has 0 aliphatic carbocycles.